The Labute approximate surface area is 187 Å². The molecule has 144 valence electrons. The molecule has 0 aromatic heterocycles. The first kappa shape index (κ1) is 24.6. The molecule has 2 aromatic rings. The van der Waals surface area contributed by atoms with Crippen LogP contribution >= 0.6 is 0 Å². The van der Waals surface area contributed by atoms with Gasteiger partial charge in [-0.15, -0.1) is 0 Å². The molecular weight excluding hydrogens is 367 g/mol. The molecule has 0 saturated heterocycles. The van der Waals surface area contributed by atoms with Crippen molar-refractivity contribution >= 4 is 20.9 Å². The Morgan fingerprint density at radius 2 is 1.44 bits per heavy atom. The molecule has 27 heavy (non-hydrogen) atoms. The van der Waals surface area contributed by atoms with E-state index in [1.165, 1.54) is 24.8 Å². The normalized spacial score (nSPS) is 11.5. The van der Waals surface area contributed by atoms with E-state index >= 15 is 0 Å². The molecule has 0 aliphatic carbocycles. The van der Waals surface area contributed by atoms with Crippen molar-refractivity contribution in [2.75, 3.05) is 0 Å². The van der Waals surface area contributed by atoms with Gasteiger partial charge >= 0.3 is 29.6 Å². The van der Waals surface area contributed by atoms with Crippen molar-refractivity contribution in [2.24, 2.45) is 0 Å². The molecule has 2 rings (SSSR count). The van der Waals surface area contributed by atoms with Crippen LogP contribution in [-0.4, -0.2) is 13.0 Å². The van der Waals surface area contributed by atoms with Crippen molar-refractivity contribution in [3.63, 3.8) is 0 Å². The summed E-state index contributed by atoms with van der Waals surface area (Å²) in [6.07, 6.45) is 10.7. The Kier molecular flexibility index (Phi) is 11.2. The number of unbranched alkanes of at least 4 members (excludes halogenated alkanes) is 6. The maximum absolute atomic E-state index is 11.9. The van der Waals surface area contributed by atoms with Crippen molar-refractivity contribution in [1.82, 2.24) is 0 Å². The van der Waals surface area contributed by atoms with Gasteiger partial charge in [-0.3, -0.25) is 0 Å². The smallest absolute Gasteiger partial charge is 0.744 e. The fraction of sp³-hybridized carbons (Fsp3) is 0.545. The molecule has 0 N–H and O–H groups in total. The predicted molar refractivity (Wildman–Crippen MR) is 108 cm³/mol. The Balaban J connectivity index is 0.00000364. The molecule has 0 amide bonds. The molecule has 2 aromatic carbocycles. The quantitative estimate of drug-likeness (QED) is 0.332. The van der Waals surface area contributed by atoms with Gasteiger partial charge in [0.1, 0.15) is 10.1 Å². The summed E-state index contributed by atoms with van der Waals surface area (Å²) in [5.41, 5.74) is 1.87. The van der Waals surface area contributed by atoms with Crippen LogP contribution in [0.4, 0.5) is 0 Å². The van der Waals surface area contributed by atoms with Gasteiger partial charge in [-0.05, 0) is 47.6 Å². The number of aryl methyl sites for hydroxylation is 2. The fourth-order valence-electron chi connectivity index (χ4n) is 3.54. The second-order valence-corrected chi connectivity index (χ2v) is 8.50. The Bertz CT molecular complexity index is 816. The van der Waals surface area contributed by atoms with E-state index in [2.05, 4.69) is 13.8 Å². The summed E-state index contributed by atoms with van der Waals surface area (Å²) in [5, 5.41) is 1.43. The standard InChI is InChI=1S/C22H32O3S.Na/c1-3-5-7-9-11-18-13-16-21-20(17-18)15-14-19(12-10-8-6-4-2)22(21)26(23,24)25;/h13-17H,3-12H2,1-2H3,(H,23,24,25);/q;+1/p-1. The summed E-state index contributed by atoms with van der Waals surface area (Å²) in [5.74, 6) is 0. The molecule has 0 fully saturated rings. The van der Waals surface area contributed by atoms with Gasteiger partial charge in [0, 0.05) is 0 Å². The fourth-order valence-corrected chi connectivity index (χ4v) is 4.49. The van der Waals surface area contributed by atoms with E-state index in [0.29, 0.717) is 17.4 Å². The van der Waals surface area contributed by atoms with Crippen LogP contribution in [0.5, 0.6) is 0 Å². The van der Waals surface area contributed by atoms with Gasteiger partial charge in [-0.1, -0.05) is 82.7 Å². The number of benzene rings is 2. The topological polar surface area (TPSA) is 57.2 Å². The van der Waals surface area contributed by atoms with Gasteiger partial charge in [0.05, 0.1) is 4.90 Å². The second-order valence-electron chi connectivity index (χ2n) is 7.18. The zero-order valence-corrected chi connectivity index (χ0v) is 19.9. The van der Waals surface area contributed by atoms with Crippen LogP contribution in [0.3, 0.4) is 0 Å². The molecule has 0 radical (unpaired) electrons. The van der Waals surface area contributed by atoms with Crippen LogP contribution in [0.1, 0.15) is 76.3 Å². The first-order chi connectivity index (χ1) is 12.5. The molecule has 3 nitrogen and oxygen atoms in total. The van der Waals surface area contributed by atoms with E-state index in [4.69, 9.17) is 0 Å². The van der Waals surface area contributed by atoms with Crippen molar-refractivity contribution in [2.45, 2.75) is 83.0 Å². The molecule has 0 heterocycles. The molecular formula is C22H31NaO3S. The maximum atomic E-state index is 11.9. The predicted octanol–water partition coefficient (Wildman–Crippen LogP) is 2.99. The van der Waals surface area contributed by atoms with Crippen LogP contribution in [-0.2, 0) is 23.0 Å². The molecule has 0 bridgehead atoms. The van der Waals surface area contributed by atoms with Gasteiger partial charge in [0.15, 0.2) is 0 Å². The van der Waals surface area contributed by atoms with Crippen molar-refractivity contribution in [1.29, 1.82) is 0 Å². The minimum Gasteiger partial charge on any atom is -0.744 e. The Morgan fingerprint density at radius 3 is 2.04 bits per heavy atom. The third-order valence-corrected chi connectivity index (χ3v) is 5.97. The van der Waals surface area contributed by atoms with E-state index in [1.807, 2.05) is 30.3 Å². The zero-order chi connectivity index (χ0) is 19.0. The number of fused-ring (bicyclic) bond motifs is 1. The van der Waals surface area contributed by atoms with Crippen LogP contribution in [0.15, 0.2) is 35.2 Å². The van der Waals surface area contributed by atoms with E-state index < -0.39 is 10.1 Å². The van der Waals surface area contributed by atoms with Crippen LogP contribution in [0.25, 0.3) is 10.8 Å². The van der Waals surface area contributed by atoms with Crippen molar-refractivity contribution < 1.29 is 42.5 Å². The Morgan fingerprint density at radius 1 is 0.815 bits per heavy atom. The summed E-state index contributed by atoms with van der Waals surface area (Å²) in [6.45, 7) is 4.34. The van der Waals surface area contributed by atoms with E-state index in [0.717, 1.165) is 43.9 Å². The summed E-state index contributed by atoms with van der Waals surface area (Å²) in [7, 11) is -4.49. The molecule has 5 heteroatoms. The monoisotopic (exact) mass is 398 g/mol. The number of rotatable bonds is 11. The molecule has 0 saturated carbocycles. The largest absolute Gasteiger partial charge is 1.00 e. The maximum Gasteiger partial charge on any atom is 1.00 e. The van der Waals surface area contributed by atoms with Crippen LogP contribution in [0.2, 0.25) is 0 Å². The van der Waals surface area contributed by atoms with E-state index in [9.17, 15) is 13.0 Å². The minimum atomic E-state index is -4.49. The molecule has 0 aliphatic rings. The number of hydrogen-bond acceptors (Lipinski definition) is 3. The Hall–Kier alpha value is -0.390. The first-order valence-corrected chi connectivity index (χ1v) is 11.4. The summed E-state index contributed by atoms with van der Waals surface area (Å²) < 4.78 is 35.8. The van der Waals surface area contributed by atoms with Gasteiger partial charge in [0.25, 0.3) is 0 Å². The van der Waals surface area contributed by atoms with Crippen LogP contribution < -0.4 is 29.6 Å². The van der Waals surface area contributed by atoms with E-state index in [-0.39, 0.29) is 34.5 Å². The minimum absolute atomic E-state index is 0. The SMILES string of the molecule is CCCCCCc1ccc2c(S(=O)(=O)[O-])c(CCCCCC)ccc2c1.[Na+]. The number of hydrogen-bond donors (Lipinski definition) is 0. The third kappa shape index (κ3) is 7.51. The van der Waals surface area contributed by atoms with Gasteiger partial charge in [-0.2, -0.15) is 0 Å². The average molecular weight is 399 g/mol. The summed E-state index contributed by atoms with van der Waals surface area (Å²) >= 11 is 0. The van der Waals surface area contributed by atoms with E-state index in [1.54, 1.807) is 0 Å². The average Bonchev–Trinajstić information content (AvgIpc) is 2.61. The first-order valence-electron chi connectivity index (χ1n) is 9.97. The van der Waals surface area contributed by atoms with Crippen molar-refractivity contribution in [3.8, 4) is 0 Å². The van der Waals surface area contributed by atoms with Gasteiger partial charge < -0.3 is 4.55 Å². The van der Waals surface area contributed by atoms with Gasteiger partial charge in [-0.25, -0.2) is 8.42 Å². The van der Waals surface area contributed by atoms with Crippen molar-refractivity contribution in [3.05, 3.63) is 41.5 Å². The third-order valence-electron chi connectivity index (χ3n) is 4.99. The van der Waals surface area contributed by atoms with Crippen LogP contribution in [0, 0.1) is 0 Å². The second kappa shape index (κ2) is 12.2. The summed E-state index contributed by atoms with van der Waals surface area (Å²) in [6, 6.07) is 9.64. The molecule has 0 aliphatic heterocycles. The van der Waals surface area contributed by atoms with Gasteiger partial charge in [0.2, 0.25) is 0 Å². The molecule has 0 unspecified atom stereocenters. The molecule has 0 spiro atoms. The summed E-state index contributed by atoms with van der Waals surface area (Å²) in [4.78, 5) is -0.0102. The zero-order valence-electron chi connectivity index (χ0n) is 17.1. The molecule has 0 atom stereocenters.